The minimum atomic E-state index is -0.636. The van der Waals surface area contributed by atoms with E-state index in [0.717, 1.165) is 0 Å². The van der Waals surface area contributed by atoms with Crippen molar-refractivity contribution in [2.75, 3.05) is 7.11 Å². The number of para-hydroxylation sites is 1. The van der Waals surface area contributed by atoms with E-state index in [1.807, 2.05) is 0 Å². The Morgan fingerprint density at radius 3 is 2.32 bits per heavy atom. The van der Waals surface area contributed by atoms with E-state index in [1.54, 1.807) is 0 Å². The van der Waals surface area contributed by atoms with Crippen LogP contribution in [0.4, 0.5) is 0 Å². The quantitative estimate of drug-likeness (QED) is 0.580. The number of phenols is 3. The zero-order valence-electron chi connectivity index (χ0n) is 10.1. The molecule has 2 rings (SSSR count). The summed E-state index contributed by atoms with van der Waals surface area (Å²) < 4.78 is 5.01. The fraction of sp³-hybridized carbons (Fsp3) is 0.0714. The van der Waals surface area contributed by atoms with Gasteiger partial charge in [0.15, 0.2) is 11.5 Å². The summed E-state index contributed by atoms with van der Waals surface area (Å²) in [6, 6.07) is 8.43. The molecule has 5 nitrogen and oxygen atoms in total. The highest BCUT2D eigenvalue weighted by Gasteiger charge is 2.22. The predicted octanol–water partition coefficient (Wildman–Crippen LogP) is 2.04. The van der Waals surface area contributed by atoms with Crippen molar-refractivity contribution in [3.8, 4) is 23.0 Å². The van der Waals surface area contributed by atoms with E-state index in [-0.39, 0.29) is 22.6 Å². The van der Waals surface area contributed by atoms with Crippen LogP contribution in [0.3, 0.4) is 0 Å². The van der Waals surface area contributed by atoms with Gasteiger partial charge in [-0.15, -0.1) is 0 Å². The van der Waals surface area contributed by atoms with Crippen molar-refractivity contribution in [1.29, 1.82) is 0 Å². The van der Waals surface area contributed by atoms with Crippen LogP contribution in [0.1, 0.15) is 15.9 Å². The van der Waals surface area contributed by atoms with Gasteiger partial charge in [0, 0.05) is 0 Å². The Morgan fingerprint density at radius 2 is 1.63 bits per heavy atom. The molecule has 98 valence electrons. The van der Waals surface area contributed by atoms with Crippen LogP contribution in [0.2, 0.25) is 0 Å². The van der Waals surface area contributed by atoms with Crippen LogP contribution in [0, 0.1) is 0 Å². The highest BCUT2D eigenvalue weighted by Crippen LogP contribution is 2.35. The van der Waals surface area contributed by atoms with Crippen molar-refractivity contribution in [2.24, 2.45) is 0 Å². The van der Waals surface area contributed by atoms with Crippen molar-refractivity contribution in [1.82, 2.24) is 0 Å². The van der Waals surface area contributed by atoms with E-state index in [0.29, 0.717) is 0 Å². The molecule has 19 heavy (non-hydrogen) atoms. The number of ketones is 1. The molecule has 0 aliphatic rings. The maximum atomic E-state index is 12.3. The van der Waals surface area contributed by atoms with Crippen LogP contribution in [0.5, 0.6) is 23.0 Å². The number of hydrogen-bond donors (Lipinski definition) is 3. The second-order valence-corrected chi connectivity index (χ2v) is 3.86. The summed E-state index contributed by atoms with van der Waals surface area (Å²) in [4.78, 5) is 12.3. The number of hydrogen-bond acceptors (Lipinski definition) is 5. The number of methoxy groups -OCH3 is 1. The molecule has 0 bridgehead atoms. The molecule has 0 saturated carbocycles. The molecular formula is C14H12O5. The monoisotopic (exact) mass is 260 g/mol. The Bertz CT molecular complexity index is 634. The van der Waals surface area contributed by atoms with Crippen molar-refractivity contribution >= 4 is 5.78 Å². The van der Waals surface area contributed by atoms with Gasteiger partial charge in [0.1, 0.15) is 17.1 Å². The average Bonchev–Trinajstić information content (AvgIpc) is 2.40. The molecule has 0 aliphatic heterocycles. The molecule has 0 aromatic heterocycles. The molecule has 0 saturated heterocycles. The number of carbonyl (C=O) groups excluding carboxylic acids is 1. The Hall–Kier alpha value is -2.69. The molecule has 2 aromatic carbocycles. The van der Waals surface area contributed by atoms with Gasteiger partial charge in [0.2, 0.25) is 5.78 Å². The fourth-order valence-corrected chi connectivity index (χ4v) is 1.77. The lowest BCUT2D eigenvalue weighted by Crippen LogP contribution is -2.04. The standard InChI is InChI=1S/C14H12O5/c1-19-11-7-3-5-9(15)12(11)14(18)8-4-2-6-10(16)13(8)17/h2-7,15-17H,1H3. The molecule has 5 heteroatoms. The van der Waals surface area contributed by atoms with Gasteiger partial charge in [0.05, 0.1) is 12.7 Å². The second-order valence-electron chi connectivity index (χ2n) is 3.86. The zero-order chi connectivity index (χ0) is 14.0. The number of carbonyl (C=O) groups is 1. The number of aromatic hydroxyl groups is 3. The van der Waals surface area contributed by atoms with E-state index in [9.17, 15) is 20.1 Å². The lowest BCUT2D eigenvalue weighted by atomic mass is 10.0. The van der Waals surface area contributed by atoms with Crippen LogP contribution in [-0.4, -0.2) is 28.2 Å². The van der Waals surface area contributed by atoms with E-state index in [1.165, 1.54) is 43.5 Å². The topological polar surface area (TPSA) is 87.0 Å². The SMILES string of the molecule is COc1cccc(O)c1C(=O)c1cccc(O)c1O. The van der Waals surface area contributed by atoms with Gasteiger partial charge in [-0.05, 0) is 24.3 Å². The predicted molar refractivity (Wildman–Crippen MR) is 67.9 cm³/mol. The minimum absolute atomic E-state index is 0.0640. The van der Waals surface area contributed by atoms with Gasteiger partial charge in [-0.25, -0.2) is 0 Å². The Labute approximate surface area is 109 Å². The number of ether oxygens (including phenoxy) is 1. The molecule has 0 atom stereocenters. The van der Waals surface area contributed by atoms with Gasteiger partial charge >= 0.3 is 0 Å². The van der Waals surface area contributed by atoms with Crippen molar-refractivity contribution in [3.63, 3.8) is 0 Å². The van der Waals surface area contributed by atoms with Crippen molar-refractivity contribution in [3.05, 3.63) is 47.5 Å². The van der Waals surface area contributed by atoms with Gasteiger partial charge < -0.3 is 20.1 Å². The lowest BCUT2D eigenvalue weighted by molar-refractivity contribution is 0.103. The van der Waals surface area contributed by atoms with E-state index in [2.05, 4.69) is 0 Å². The summed E-state index contributed by atoms with van der Waals surface area (Å²) in [6.45, 7) is 0. The largest absolute Gasteiger partial charge is 0.507 e. The number of phenolic OH excluding ortho intramolecular Hbond substituents is 3. The highest BCUT2D eigenvalue weighted by atomic mass is 16.5. The first kappa shape index (κ1) is 12.8. The zero-order valence-corrected chi connectivity index (χ0v) is 10.1. The molecule has 0 heterocycles. The molecular weight excluding hydrogens is 248 g/mol. The van der Waals surface area contributed by atoms with Gasteiger partial charge in [-0.3, -0.25) is 4.79 Å². The van der Waals surface area contributed by atoms with Gasteiger partial charge in [-0.1, -0.05) is 12.1 Å². The summed E-state index contributed by atoms with van der Waals surface area (Å²) >= 11 is 0. The number of rotatable bonds is 3. The van der Waals surface area contributed by atoms with Crippen molar-refractivity contribution < 1.29 is 24.9 Å². The third kappa shape index (κ3) is 2.18. The highest BCUT2D eigenvalue weighted by molar-refractivity contribution is 6.14. The summed E-state index contributed by atoms with van der Waals surface area (Å²) in [5.74, 6) is -1.64. The first-order valence-corrected chi connectivity index (χ1v) is 5.48. The number of benzene rings is 2. The molecule has 0 aliphatic carbocycles. The lowest BCUT2D eigenvalue weighted by Gasteiger charge is -2.10. The maximum Gasteiger partial charge on any atom is 0.204 e. The first-order chi connectivity index (χ1) is 9.06. The first-order valence-electron chi connectivity index (χ1n) is 5.48. The van der Waals surface area contributed by atoms with Gasteiger partial charge in [-0.2, -0.15) is 0 Å². The molecule has 0 spiro atoms. The summed E-state index contributed by atoms with van der Waals surface area (Å²) in [6.07, 6.45) is 0. The van der Waals surface area contributed by atoms with E-state index in [4.69, 9.17) is 4.74 Å². The van der Waals surface area contributed by atoms with Crippen LogP contribution in [0.15, 0.2) is 36.4 Å². The second kappa shape index (κ2) is 4.89. The van der Waals surface area contributed by atoms with Crippen LogP contribution in [-0.2, 0) is 0 Å². The Morgan fingerprint density at radius 1 is 1.00 bits per heavy atom. The molecule has 0 fully saturated rings. The van der Waals surface area contributed by atoms with Crippen molar-refractivity contribution in [2.45, 2.75) is 0 Å². The molecule has 0 amide bonds. The van der Waals surface area contributed by atoms with E-state index < -0.39 is 17.3 Å². The maximum absolute atomic E-state index is 12.3. The molecule has 0 radical (unpaired) electrons. The summed E-state index contributed by atoms with van der Waals surface area (Å²) in [5.41, 5.74) is -0.175. The van der Waals surface area contributed by atoms with Gasteiger partial charge in [0.25, 0.3) is 0 Å². The van der Waals surface area contributed by atoms with E-state index >= 15 is 0 Å². The third-order valence-corrected chi connectivity index (χ3v) is 2.71. The van der Waals surface area contributed by atoms with Crippen LogP contribution >= 0.6 is 0 Å². The summed E-state index contributed by atoms with van der Waals surface area (Å²) in [7, 11) is 1.37. The Balaban J connectivity index is 2.60. The minimum Gasteiger partial charge on any atom is -0.507 e. The third-order valence-electron chi connectivity index (χ3n) is 2.71. The summed E-state index contributed by atoms with van der Waals surface area (Å²) in [5, 5.41) is 28.9. The molecule has 2 aromatic rings. The Kier molecular flexibility index (Phi) is 3.29. The molecule has 0 unspecified atom stereocenters. The smallest absolute Gasteiger partial charge is 0.204 e. The normalized spacial score (nSPS) is 10.2. The fourth-order valence-electron chi connectivity index (χ4n) is 1.77. The van der Waals surface area contributed by atoms with Crippen LogP contribution < -0.4 is 4.74 Å². The average molecular weight is 260 g/mol. The van der Waals surface area contributed by atoms with Crippen LogP contribution in [0.25, 0.3) is 0 Å². The molecule has 3 N–H and O–H groups in total.